The predicted molar refractivity (Wildman–Crippen MR) is 87.7 cm³/mol. The first kappa shape index (κ1) is 18.2. The molecule has 2 rings (SSSR count). The Labute approximate surface area is 140 Å². The Morgan fingerprint density at radius 1 is 1.25 bits per heavy atom. The second-order valence-electron chi connectivity index (χ2n) is 5.56. The maximum absolute atomic E-state index is 12.3. The van der Waals surface area contributed by atoms with E-state index in [1.807, 2.05) is 18.7 Å². The molecule has 5 nitrogen and oxygen atoms in total. The first-order valence-corrected chi connectivity index (χ1v) is 7.74. The smallest absolute Gasteiger partial charge is 0.387 e. The third-order valence-corrected chi connectivity index (χ3v) is 3.98. The van der Waals surface area contributed by atoms with Crippen molar-refractivity contribution >= 4 is 0 Å². The van der Waals surface area contributed by atoms with Gasteiger partial charge >= 0.3 is 6.61 Å². The lowest BCUT2D eigenvalue weighted by atomic mass is 10.1. The molecule has 0 aliphatic rings. The first-order valence-electron chi connectivity index (χ1n) is 7.74. The number of alkyl halides is 2. The van der Waals surface area contributed by atoms with Gasteiger partial charge in [0, 0.05) is 19.3 Å². The molecule has 0 bridgehead atoms. The second-order valence-corrected chi connectivity index (χ2v) is 5.56. The van der Waals surface area contributed by atoms with Crippen LogP contribution in [0.15, 0.2) is 18.2 Å². The fourth-order valence-corrected chi connectivity index (χ4v) is 2.64. The highest BCUT2D eigenvalue weighted by Gasteiger charge is 2.11. The van der Waals surface area contributed by atoms with E-state index >= 15 is 0 Å². The van der Waals surface area contributed by atoms with E-state index in [1.165, 1.54) is 24.4 Å². The van der Waals surface area contributed by atoms with E-state index in [4.69, 9.17) is 4.74 Å². The molecule has 24 heavy (non-hydrogen) atoms. The molecule has 0 amide bonds. The average molecular weight is 339 g/mol. The van der Waals surface area contributed by atoms with Gasteiger partial charge in [0.15, 0.2) is 11.5 Å². The van der Waals surface area contributed by atoms with Crippen molar-refractivity contribution in [1.29, 1.82) is 0 Å². The highest BCUT2D eigenvalue weighted by molar-refractivity contribution is 5.43. The topological polar surface area (TPSA) is 48.3 Å². The molecule has 0 radical (unpaired) electrons. The molecule has 0 atom stereocenters. The maximum Gasteiger partial charge on any atom is 0.387 e. The number of rotatable bonds is 8. The number of benzene rings is 1. The van der Waals surface area contributed by atoms with Crippen LogP contribution in [0.4, 0.5) is 8.78 Å². The van der Waals surface area contributed by atoms with Crippen molar-refractivity contribution in [1.82, 2.24) is 15.1 Å². The van der Waals surface area contributed by atoms with Gasteiger partial charge in [-0.3, -0.25) is 4.68 Å². The Morgan fingerprint density at radius 2 is 2.00 bits per heavy atom. The van der Waals surface area contributed by atoms with E-state index < -0.39 is 6.61 Å². The van der Waals surface area contributed by atoms with Gasteiger partial charge in [0.05, 0.1) is 12.8 Å². The van der Waals surface area contributed by atoms with Crippen LogP contribution in [0.2, 0.25) is 0 Å². The van der Waals surface area contributed by atoms with Crippen LogP contribution in [0.25, 0.3) is 0 Å². The van der Waals surface area contributed by atoms with E-state index in [-0.39, 0.29) is 5.75 Å². The number of halogens is 2. The summed E-state index contributed by atoms with van der Waals surface area (Å²) in [5, 5.41) is 7.74. The zero-order valence-electron chi connectivity index (χ0n) is 14.4. The molecule has 0 saturated carbocycles. The standard InChI is InChI=1S/C17H23F2N3O2/c1-11-14(12(2)22(3)21-11)7-8-20-10-13-5-6-15(24-17(18)19)16(9-13)23-4/h5-6,9,17,20H,7-8,10H2,1-4H3. The van der Waals surface area contributed by atoms with E-state index in [0.29, 0.717) is 12.3 Å². The molecule has 132 valence electrons. The lowest BCUT2D eigenvalue weighted by molar-refractivity contribution is -0.0512. The van der Waals surface area contributed by atoms with Gasteiger partial charge in [0.1, 0.15) is 0 Å². The minimum Gasteiger partial charge on any atom is -0.493 e. The van der Waals surface area contributed by atoms with Crippen molar-refractivity contribution < 1.29 is 18.3 Å². The predicted octanol–water partition coefficient (Wildman–Crippen LogP) is 2.98. The fourth-order valence-electron chi connectivity index (χ4n) is 2.64. The fraction of sp³-hybridized carbons (Fsp3) is 0.471. The Balaban J connectivity index is 1.90. The van der Waals surface area contributed by atoms with Crippen molar-refractivity contribution in [2.75, 3.05) is 13.7 Å². The summed E-state index contributed by atoms with van der Waals surface area (Å²) in [6, 6.07) is 4.94. The summed E-state index contributed by atoms with van der Waals surface area (Å²) >= 11 is 0. The third kappa shape index (κ3) is 4.44. The highest BCUT2D eigenvalue weighted by Crippen LogP contribution is 2.29. The zero-order valence-corrected chi connectivity index (χ0v) is 14.4. The summed E-state index contributed by atoms with van der Waals surface area (Å²) in [7, 11) is 3.37. The molecule has 1 aromatic heterocycles. The Morgan fingerprint density at radius 3 is 2.58 bits per heavy atom. The van der Waals surface area contributed by atoms with E-state index in [1.54, 1.807) is 12.1 Å². The Kier molecular flexibility index (Phi) is 6.14. The van der Waals surface area contributed by atoms with Gasteiger partial charge < -0.3 is 14.8 Å². The second kappa shape index (κ2) is 8.10. The summed E-state index contributed by atoms with van der Waals surface area (Å²) in [4.78, 5) is 0. The van der Waals surface area contributed by atoms with Crippen molar-refractivity contribution in [3.8, 4) is 11.5 Å². The monoisotopic (exact) mass is 339 g/mol. The van der Waals surface area contributed by atoms with Gasteiger partial charge in [-0.1, -0.05) is 6.07 Å². The molecular formula is C17H23F2N3O2. The lowest BCUT2D eigenvalue weighted by Crippen LogP contribution is -2.17. The van der Waals surface area contributed by atoms with Crippen LogP contribution in [-0.2, 0) is 20.0 Å². The molecule has 7 heteroatoms. The molecule has 0 saturated heterocycles. The van der Waals surface area contributed by atoms with E-state index in [9.17, 15) is 8.78 Å². The lowest BCUT2D eigenvalue weighted by Gasteiger charge is -2.12. The van der Waals surface area contributed by atoms with Crippen LogP contribution >= 0.6 is 0 Å². The van der Waals surface area contributed by atoms with Crippen LogP contribution in [0.3, 0.4) is 0 Å². The number of ether oxygens (including phenoxy) is 2. The summed E-state index contributed by atoms with van der Waals surface area (Å²) in [6.45, 7) is 2.61. The van der Waals surface area contributed by atoms with Gasteiger partial charge in [0.2, 0.25) is 0 Å². The average Bonchev–Trinajstić information content (AvgIpc) is 2.77. The van der Waals surface area contributed by atoms with Crippen LogP contribution < -0.4 is 14.8 Å². The van der Waals surface area contributed by atoms with Crippen LogP contribution in [-0.4, -0.2) is 30.0 Å². The van der Waals surface area contributed by atoms with Crippen molar-refractivity contribution in [2.24, 2.45) is 7.05 Å². The van der Waals surface area contributed by atoms with Gasteiger partial charge in [-0.05, 0) is 50.1 Å². The summed E-state index contributed by atoms with van der Waals surface area (Å²) < 4.78 is 36.0. The number of hydrogen-bond acceptors (Lipinski definition) is 4. The normalized spacial score (nSPS) is 11.1. The molecule has 1 aromatic carbocycles. The molecule has 1 N–H and O–H groups in total. The number of nitrogens with zero attached hydrogens (tertiary/aromatic N) is 2. The van der Waals surface area contributed by atoms with Crippen LogP contribution in [0, 0.1) is 13.8 Å². The Hall–Kier alpha value is -2.15. The van der Waals surface area contributed by atoms with Gasteiger partial charge in [0.25, 0.3) is 0 Å². The SMILES string of the molecule is COc1cc(CNCCc2c(C)nn(C)c2C)ccc1OC(F)F. The minimum atomic E-state index is -2.87. The summed E-state index contributed by atoms with van der Waals surface area (Å²) in [5.41, 5.74) is 4.41. The molecule has 0 unspecified atom stereocenters. The molecule has 0 aliphatic carbocycles. The van der Waals surface area contributed by atoms with E-state index in [0.717, 1.165) is 24.2 Å². The van der Waals surface area contributed by atoms with Gasteiger partial charge in [-0.15, -0.1) is 0 Å². The number of aryl methyl sites for hydroxylation is 2. The van der Waals surface area contributed by atoms with Gasteiger partial charge in [-0.25, -0.2) is 0 Å². The molecule has 0 spiro atoms. The Bertz CT molecular complexity index is 687. The largest absolute Gasteiger partial charge is 0.493 e. The molecule has 0 fully saturated rings. The molecular weight excluding hydrogens is 316 g/mol. The summed E-state index contributed by atoms with van der Waals surface area (Å²) in [5.74, 6) is 0.339. The molecule has 0 aliphatic heterocycles. The van der Waals surface area contributed by atoms with Crippen molar-refractivity contribution in [2.45, 2.75) is 33.4 Å². The maximum atomic E-state index is 12.3. The quantitative estimate of drug-likeness (QED) is 0.751. The third-order valence-electron chi connectivity index (χ3n) is 3.98. The summed E-state index contributed by atoms with van der Waals surface area (Å²) in [6.07, 6.45) is 0.884. The van der Waals surface area contributed by atoms with Crippen LogP contribution in [0.1, 0.15) is 22.5 Å². The first-order chi connectivity index (χ1) is 11.4. The van der Waals surface area contributed by atoms with Crippen molar-refractivity contribution in [3.05, 3.63) is 40.7 Å². The number of methoxy groups -OCH3 is 1. The number of nitrogens with one attached hydrogen (secondary N) is 1. The number of aromatic nitrogens is 2. The number of hydrogen-bond donors (Lipinski definition) is 1. The van der Waals surface area contributed by atoms with E-state index in [2.05, 4.69) is 22.1 Å². The van der Waals surface area contributed by atoms with Crippen molar-refractivity contribution in [3.63, 3.8) is 0 Å². The molecule has 1 heterocycles. The highest BCUT2D eigenvalue weighted by atomic mass is 19.3. The minimum absolute atomic E-state index is 0.0397. The van der Waals surface area contributed by atoms with Crippen LogP contribution in [0.5, 0.6) is 11.5 Å². The molecule has 2 aromatic rings. The zero-order chi connectivity index (χ0) is 17.7. The van der Waals surface area contributed by atoms with Gasteiger partial charge in [-0.2, -0.15) is 13.9 Å².